The van der Waals surface area contributed by atoms with Crippen LogP contribution in [0.5, 0.6) is 0 Å². The van der Waals surface area contributed by atoms with Crippen LogP contribution in [-0.4, -0.2) is 11.2 Å². The summed E-state index contributed by atoms with van der Waals surface area (Å²) in [6.45, 7) is 1.68. The highest BCUT2D eigenvalue weighted by Crippen LogP contribution is 2.30. The van der Waals surface area contributed by atoms with Gasteiger partial charge < -0.3 is 5.73 Å². The van der Waals surface area contributed by atoms with Gasteiger partial charge in [-0.2, -0.15) is 13.2 Å². The summed E-state index contributed by atoms with van der Waals surface area (Å²) in [6, 6.07) is -0.698. The Morgan fingerprint density at radius 3 is 2.50 bits per heavy atom. The number of aryl methyl sites for hydroxylation is 1. The van der Waals surface area contributed by atoms with Crippen LogP contribution in [0, 0.1) is 6.92 Å². The van der Waals surface area contributed by atoms with Crippen LogP contribution >= 0.6 is 15.9 Å². The maximum absolute atomic E-state index is 12.2. The number of pyridine rings is 1. The monoisotopic (exact) mass is 268 g/mol. The van der Waals surface area contributed by atoms with Crippen molar-refractivity contribution in [3.05, 3.63) is 28.0 Å². The first-order valence-electron chi connectivity index (χ1n) is 3.76. The van der Waals surface area contributed by atoms with Crippen molar-refractivity contribution in [2.45, 2.75) is 19.1 Å². The van der Waals surface area contributed by atoms with E-state index in [0.29, 0.717) is 10.0 Å². The fraction of sp³-hybridized carbons (Fsp3) is 0.375. The van der Waals surface area contributed by atoms with Gasteiger partial charge >= 0.3 is 6.18 Å². The van der Waals surface area contributed by atoms with E-state index in [1.807, 2.05) is 0 Å². The molecule has 1 heterocycles. The fourth-order valence-corrected chi connectivity index (χ4v) is 1.12. The first-order valence-corrected chi connectivity index (χ1v) is 4.56. The molecule has 0 aliphatic heterocycles. The first-order chi connectivity index (χ1) is 6.32. The first kappa shape index (κ1) is 11.5. The van der Waals surface area contributed by atoms with Crippen LogP contribution in [-0.2, 0) is 0 Å². The minimum atomic E-state index is -4.45. The summed E-state index contributed by atoms with van der Waals surface area (Å²) >= 11 is 3.14. The Kier molecular flexibility index (Phi) is 3.16. The summed E-state index contributed by atoms with van der Waals surface area (Å²) in [4.78, 5) is 3.61. The predicted octanol–water partition coefficient (Wildman–Crippen LogP) is 2.71. The molecule has 0 spiro atoms. The highest BCUT2D eigenvalue weighted by molar-refractivity contribution is 9.10. The Morgan fingerprint density at radius 2 is 2.07 bits per heavy atom. The van der Waals surface area contributed by atoms with Crippen molar-refractivity contribution in [1.29, 1.82) is 0 Å². The van der Waals surface area contributed by atoms with E-state index in [0.717, 1.165) is 0 Å². The number of hydrogen-bond acceptors (Lipinski definition) is 2. The van der Waals surface area contributed by atoms with Crippen LogP contribution in [0.3, 0.4) is 0 Å². The van der Waals surface area contributed by atoms with E-state index in [1.165, 1.54) is 12.3 Å². The van der Waals surface area contributed by atoms with Gasteiger partial charge in [0.05, 0.1) is 5.69 Å². The number of rotatable bonds is 1. The quantitative estimate of drug-likeness (QED) is 0.851. The molecule has 0 fully saturated rings. The van der Waals surface area contributed by atoms with Gasteiger partial charge in [-0.25, -0.2) is 0 Å². The van der Waals surface area contributed by atoms with E-state index in [-0.39, 0.29) is 5.69 Å². The Bertz CT molecular complexity index is 338. The summed E-state index contributed by atoms with van der Waals surface area (Å²) in [5.74, 6) is 0. The average molecular weight is 269 g/mol. The maximum atomic E-state index is 12.2. The highest BCUT2D eigenvalue weighted by Gasteiger charge is 2.38. The van der Waals surface area contributed by atoms with Gasteiger partial charge in [0.15, 0.2) is 0 Å². The molecule has 0 saturated heterocycles. The number of alkyl halides is 3. The summed E-state index contributed by atoms with van der Waals surface area (Å²) < 4.78 is 37.2. The zero-order valence-corrected chi connectivity index (χ0v) is 8.85. The molecule has 0 aromatic carbocycles. The van der Waals surface area contributed by atoms with Gasteiger partial charge in [0.25, 0.3) is 0 Å². The molecular weight excluding hydrogens is 261 g/mol. The van der Waals surface area contributed by atoms with Gasteiger partial charge in [-0.15, -0.1) is 0 Å². The molecule has 0 amide bonds. The molecule has 6 heteroatoms. The van der Waals surface area contributed by atoms with Crippen molar-refractivity contribution >= 4 is 15.9 Å². The zero-order valence-electron chi connectivity index (χ0n) is 7.27. The molecular formula is C8H8BrF3N2. The van der Waals surface area contributed by atoms with Crippen molar-refractivity contribution in [1.82, 2.24) is 4.98 Å². The van der Waals surface area contributed by atoms with E-state index in [9.17, 15) is 13.2 Å². The Hall–Kier alpha value is -0.620. The predicted molar refractivity (Wildman–Crippen MR) is 49.7 cm³/mol. The van der Waals surface area contributed by atoms with Gasteiger partial charge in [0.1, 0.15) is 6.04 Å². The molecule has 1 aromatic heterocycles. The zero-order chi connectivity index (χ0) is 10.9. The number of aromatic nitrogens is 1. The Balaban J connectivity index is 3.03. The molecule has 1 aromatic rings. The second kappa shape index (κ2) is 3.86. The Morgan fingerprint density at radius 1 is 1.50 bits per heavy atom. The molecule has 0 aliphatic rings. The highest BCUT2D eigenvalue weighted by atomic mass is 79.9. The van der Waals surface area contributed by atoms with Gasteiger partial charge in [-0.3, -0.25) is 4.98 Å². The topological polar surface area (TPSA) is 38.9 Å². The second-order valence-corrected chi connectivity index (χ2v) is 3.73. The van der Waals surface area contributed by atoms with Crippen molar-refractivity contribution < 1.29 is 13.2 Å². The third kappa shape index (κ3) is 2.45. The SMILES string of the molecule is Cc1cc(C(N)C(F)(F)F)ncc1Br. The second-order valence-electron chi connectivity index (χ2n) is 2.88. The van der Waals surface area contributed by atoms with Crippen LogP contribution in [0.25, 0.3) is 0 Å². The maximum Gasteiger partial charge on any atom is 0.409 e. The molecule has 78 valence electrons. The molecule has 0 bridgehead atoms. The molecule has 0 aliphatic carbocycles. The summed E-state index contributed by atoms with van der Waals surface area (Å²) in [7, 11) is 0. The summed E-state index contributed by atoms with van der Waals surface area (Å²) in [5.41, 5.74) is 5.50. The molecule has 2 N–H and O–H groups in total. The van der Waals surface area contributed by atoms with Crippen molar-refractivity contribution in [3.8, 4) is 0 Å². The van der Waals surface area contributed by atoms with Crippen LogP contribution in [0.1, 0.15) is 17.3 Å². The van der Waals surface area contributed by atoms with Gasteiger partial charge in [0.2, 0.25) is 0 Å². The smallest absolute Gasteiger partial charge is 0.315 e. The van der Waals surface area contributed by atoms with Gasteiger partial charge in [0, 0.05) is 10.7 Å². The lowest BCUT2D eigenvalue weighted by molar-refractivity contribution is -0.150. The van der Waals surface area contributed by atoms with Crippen LogP contribution in [0.2, 0.25) is 0 Å². The largest absolute Gasteiger partial charge is 0.409 e. The lowest BCUT2D eigenvalue weighted by atomic mass is 10.1. The normalized spacial score (nSPS) is 14.1. The minimum Gasteiger partial charge on any atom is -0.315 e. The van der Waals surface area contributed by atoms with Crippen molar-refractivity contribution in [2.75, 3.05) is 0 Å². The lowest BCUT2D eigenvalue weighted by Crippen LogP contribution is -2.29. The molecule has 1 atom stereocenters. The third-order valence-electron chi connectivity index (χ3n) is 1.74. The minimum absolute atomic E-state index is 0.168. The van der Waals surface area contributed by atoms with Crippen LogP contribution in [0.15, 0.2) is 16.7 Å². The van der Waals surface area contributed by atoms with Crippen molar-refractivity contribution in [2.24, 2.45) is 5.73 Å². The van der Waals surface area contributed by atoms with E-state index < -0.39 is 12.2 Å². The van der Waals surface area contributed by atoms with E-state index in [4.69, 9.17) is 5.73 Å². The number of halogens is 4. The van der Waals surface area contributed by atoms with Crippen molar-refractivity contribution in [3.63, 3.8) is 0 Å². The van der Waals surface area contributed by atoms with E-state index >= 15 is 0 Å². The average Bonchev–Trinajstić information content (AvgIpc) is 2.07. The molecule has 2 nitrogen and oxygen atoms in total. The molecule has 0 radical (unpaired) electrons. The number of nitrogens with two attached hydrogens (primary N) is 1. The van der Waals surface area contributed by atoms with Gasteiger partial charge in [-0.05, 0) is 34.5 Å². The molecule has 1 unspecified atom stereocenters. The number of hydrogen-bond donors (Lipinski definition) is 1. The molecule has 1 rings (SSSR count). The van der Waals surface area contributed by atoms with Crippen LogP contribution in [0.4, 0.5) is 13.2 Å². The molecule has 14 heavy (non-hydrogen) atoms. The summed E-state index contributed by atoms with van der Waals surface area (Å²) in [5, 5.41) is 0. The lowest BCUT2D eigenvalue weighted by Gasteiger charge is -2.15. The van der Waals surface area contributed by atoms with E-state index in [2.05, 4.69) is 20.9 Å². The third-order valence-corrected chi connectivity index (χ3v) is 2.57. The number of nitrogens with zero attached hydrogens (tertiary/aromatic N) is 1. The molecule has 0 saturated carbocycles. The van der Waals surface area contributed by atoms with E-state index in [1.54, 1.807) is 6.92 Å². The fourth-order valence-electron chi connectivity index (χ4n) is 0.899. The standard InChI is InChI=1S/C8H8BrF3N2/c1-4-2-6(14-3-5(4)9)7(13)8(10,11)12/h2-3,7H,13H2,1H3. The Labute approximate surface area is 87.4 Å². The van der Waals surface area contributed by atoms with Crippen LogP contribution < -0.4 is 5.73 Å². The van der Waals surface area contributed by atoms with Gasteiger partial charge in [-0.1, -0.05) is 0 Å². The summed E-state index contributed by atoms with van der Waals surface area (Å²) in [6.07, 6.45) is -3.14.